The van der Waals surface area contributed by atoms with Gasteiger partial charge in [0.15, 0.2) is 5.44 Å². The van der Waals surface area contributed by atoms with E-state index in [4.69, 9.17) is 4.74 Å². The van der Waals surface area contributed by atoms with Gasteiger partial charge in [0.25, 0.3) is 0 Å². The first-order valence-corrected chi connectivity index (χ1v) is 8.76. The van der Waals surface area contributed by atoms with Crippen LogP contribution >= 0.6 is 0 Å². The molecule has 4 nitrogen and oxygen atoms in total. The van der Waals surface area contributed by atoms with Crippen LogP contribution in [0.1, 0.15) is 17.5 Å². The van der Waals surface area contributed by atoms with Gasteiger partial charge in [-0.3, -0.25) is 0 Å². The van der Waals surface area contributed by atoms with Gasteiger partial charge in [0.05, 0.1) is 4.90 Å². The van der Waals surface area contributed by atoms with Gasteiger partial charge in [0.1, 0.15) is 11.9 Å². The fourth-order valence-electron chi connectivity index (χ4n) is 2.61. The predicted octanol–water partition coefficient (Wildman–Crippen LogP) is 2.48. The van der Waals surface area contributed by atoms with Gasteiger partial charge in [-0.05, 0) is 43.5 Å². The molecule has 1 N–H and O–H groups in total. The molecule has 5 heteroatoms. The lowest BCUT2D eigenvalue weighted by atomic mass is 10.0. The van der Waals surface area contributed by atoms with Crippen molar-refractivity contribution in [3.8, 4) is 5.75 Å². The highest BCUT2D eigenvalue weighted by Crippen LogP contribution is 2.30. The summed E-state index contributed by atoms with van der Waals surface area (Å²) in [6.45, 7) is 1.88. The van der Waals surface area contributed by atoms with E-state index in [1.807, 2.05) is 25.1 Å². The molecule has 0 fully saturated rings. The number of aryl methyl sites for hydroxylation is 2. The number of benzene rings is 2. The summed E-state index contributed by atoms with van der Waals surface area (Å²) >= 11 is 0. The van der Waals surface area contributed by atoms with Crippen LogP contribution in [-0.4, -0.2) is 25.1 Å². The molecule has 22 heavy (non-hydrogen) atoms. The molecule has 0 saturated heterocycles. The summed E-state index contributed by atoms with van der Waals surface area (Å²) in [5.41, 5.74) is 0.443. The summed E-state index contributed by atoms with van der Waals surface area (Å²) in [6.07, 6.45) is 0.422. The van der Waals surface area contributed by atoms with Crippen LogP contribution in [0.2, 0.25) is 0 Å². The normalized spacial score (nSPS) is 19.1. The second-order valence-corrected chi connectivity index (χ2v) is 7.60. The SMILES string of the molecule is Cc1ccc(S(=O)(=O)C(O)C2CCc3ccccc3O2)cc1. The van der Waals surface area contributed by atoms with Crippen molar-refractivity contribution in [3.05, 3.63) is 59.7 Å². The Bertz CT molecular complexity index is 766. The maximum absolute atomic E-state index is 12.5. The molecule has 0 aromatic heterocycles. The van der Waals surface area contributed by atoms with E-state index in [0.717, 1.165) is 11.1 Å². The Morgan fingerprint density at radius 2 is 1.82 bits per heavy atom. The first-order valence-electron chi connectivity index (χ1n) is 7.22. The molecule has 2 aromatic carbocycles. The van der Waals surface area contributed by atoms with E-state index in [9.17, 15) is 13.5 Å². The van der Waals surface area contributed by atoms with Crippen molar-refractivity contribution in [3.63, 3.8) is 0 Å². The number of fused-ring (bicyclic) bond motifs is 1. The van der Waals surface area contributed by atoms with E-state index in [2.05, 4.69) is 0 Å². The lowest BCUT2D eigenvalue weighted by Gasteiger charge is -2.29. The van der Waals surface area contributed by atoms with E-state index in [0.29, 0.717) is 18.6 Å². The molecule has 1 aliphatic rings. The molecule has 1 aliphatic heterocycles. The zero-order valence-electron chi connectivity index (χ0n) is 12.3. The lowest BCUT2D eigenvalue weighted by molar-refractivity contribution is 0.0707. The van der Waals surface area contributed by atoms with Crippen molar-refractivity contribution in [2.45, 2.75) is 36.2 Å². The first-order chi connectivity index (χ1) is 10.5. The average molecular weight is 318 g/mol. The van der Waals surface area contributed by atoms with Crippen molar-refractivity contribution >= 4 is 9.84 Å². The third-order valence-corrected chi connectivity index (χ3v) is 5.80. The van der Waals surface area contributed by atoms with Crippen LogP contribution in [0.5, 0.6) is 5.75 Å². The zero-order valence-corrected chi connectivity index (χ0v) is 13.1. The molecule has 116 valence electrons. The molecule has 0 aliphatic carbocycles. The zero-order chi connectivity index (χ0) is 15.7. The molecule has 1 heterocycles. The number of hydrogen-bond acceptors (Lipinski definition) is 4. The fraction of sp³-hybridized carbons (Fsp3) is 0.294. The van der Waals surface area contributed by atoms with Crippen LogP contribution in [0.25, 0.3) is 0 Å². The molecule has 0 bridgehead atoms. The molecule has 2 unspecified atom stereocenters. The average Bonchev–Trinajstić information content (AvgIpc) is 2.54. The number of ether oxygens (including phenoxy) is 1. The minimum Gasteiger partial charge on any atom is -0.486 e. The van der Waals surface area contributed by atoms with Crippen molar-refractivity contribution < 1.29 is 18.3 Å². The number of aliphatic hydroxyl groups excluding tert-OH is 1. The van der Waals surface area contributed by atoms with E-state index in [-0.39, 0.29) is 4.90 Å². The molecule has 0 saturated carbocycles. The van der Waals surface area contributed by atoms with Gasteiger partial charge in [-0.1, -0.05) is 35.9 Å². The molecule has 2 aromatic rings. The summed E-state index contributed by atoms with van der Waals surface area (Å²) in [4.78, 5) is 0.119. The number of sulfone groups is 1. The third kappa shape index (κ3) is 2.74. The topological polar surface area (TPSA) is 63.6 Å². The Kier molecular flexibility index (Phi) is 3.93. The summed E-state index contributed by atoms with van der Waals surface area (Å²) in [7, 11) is -3.83. The van der Waals surface area contributed by atoms with Gasteiger partial charge in [-0.15, -0.1) is 0 Å². The van der Waals surface area contributed by atoms with Gasteiger partial charge < -0.3 is 9.84 Å². The Labute approximate surface area is 130 Å². The largest absolute Gasteiger partial charge is 0.486 e. The van der Waals surface area contributed by atoms with E-state index in [1.54, 1.807) is 18.2 Å². The third-order valence-electron chi connectivity index (χ3n) is 3.93. The Morgan fingerprint density at radius 3 is 2.55 bits per heavy atom. The molecular weight excluding hydrogens is 300 g/mol. The number of hydrogen-bond donors (Lipinski definition) is 1. The van der Waals surface area contributed by atoms with Crippen LogP contribution < -0.4 is 4.74 Å². The highest BCUT2D eigenvalue weighted by atomic mass is 32.2. The number of para-hydroxylation sites is 1. The van der Waals surface area contributed by atoms with Gasteiger partial charge in [-0.2, -0.15) is 0 Å². The van der Waals surface area contributed by atoms with Crippen LogP contribution in [-0.2, 0) is 16.3 Å². The Balaban J connectivity index is 1.85. The monoisotopic (exact) mass is 318 g/mol. The predicted molar refractivity (Wildman–Crippen MR) is 83.6 cm³/mol. The minimum atomic E-state index is -3.83. The molecule has 0 radical (unpaired) electrons. The quantitative estimate of drug-likeness (QED) is 0.944. The summed E-state index contributed by atoms with van der Waals surface area (Å²) < 4.78 is 30.7. The Morgan fingerprint density at radius 1 is 1.14 bits per heavy atom. The van der Waals surface area contributed by atoms with Crippen LogP contribution in [0.15, 0.2) is 53.4 Å². The smallest absolute Gasteiger partial charge is 0.208 e. The van der Waals surface area contributed by atoms with E-state index in [1.165, 1.54) is 12.1 Å². The Hall–Kier alpha value is -1.85. The second kappa shape index (κ2) is 5.74. The van der Waals surface area contributed by atoms with E-state index >= 15 is 0 Å². The van der Waals surface area contributed by atoms with Gasteiger partial charge in [0, 0.05) is 0 Å². The molecular formula is C17H18O4S. The van der Waals surface area contributed by atoms with Crippen molar-refractivity contribution in [2.24, 2.45) is 0 Å². The maximum Gasteiger partial charge on any atom is 0.208 e. The van der Waals surface area contributed by atoms with Crippen LogP contribution in [0.3, 0.4) is 0 Å². The van der Waals surface area contributed by atoms with Gasteiger partial charge >= 0.3 is 0 Å². The number of rotatable bonds is 3. The first kappa shape index (κ1) is 15.1. The van der Waals surface area contributed by atoms with E-state index < -0.39 is 21.4 Å². The van der Waals surface area contributed by atoms with Gasteiger partial charge in [-0.25, -0.2) is 8.42 Å². The fourth-order valence-corrected chi connectivity index (χ4v) is 4.00. The number of aliphatic hydroxyl groups is 1. The maximum atomic E-state index is 12.5. The standard InChI is InChI=1S/C17H18O4S/c1-12-6-9-14(10-7-12)22(19,20)17(18)16-11-8-13-4-2-3-5-15(13)21-16/h2-7,9-10,16-18H,8,11H2,1H3. The molecule has 3 rings (SSSR count). The van der Waals surface area contributed by atoms with Gasteiger partial charge in [0.2, 0.25) is 9.84 Å². The van der Waals surface area contributed by atoms with Crippen LogP contribution in [0.4, 0.5) is 0 Å². The van der Waals surface area contributed by atoms with Crippen molar-refractivity contribution in [1.29, 1.82) is 0 Å². The highest BCUT2D eigenvalue weighted by molar-refractivity contribution is 7.92. The van der Waals surface area contributed by atoms with Crippen LogP contribution in [0, 0.1) is 6.92 Å². The molecule has 2 atom stereocenters. The van der Waals surface area contributed by atoms with Crippen molar-refractivity contribution in [2.75, 3.05) is 0 Å². The summed E-state index contributed by atoms with van der Waals surface area (Å²) in [6, 6.07) is 14.0. The van der Waals surface area contributed by atoms with Crippen molar-refractivity contribution in [1.82, 2.24) is 0 Å². The molecule has 0 amide bonds. The minimum absolute atomic E-state index is 0.119. The summed E-state index contributed by atoms with van der Waals surface area (Å²) in [5.74, 6) is 0.650. The summed E-state index contributed by atoms with van der Waals surface area (Å²) in [5, 5.41) is 10.3. The second-order valence-electron chi connectivity index (χ2n) is 5.55. The lowest BCUT2D eigenvalue weighted by Crippen LogP contribution is -2.40. The molecule has 0 spiro atoms. The highest BCUT2D eigenvalue weighted by Gasteiger charge is 2.36.